The van der Waals surface area contributed by atoms with Crippen LogP contribution in [0.1, 0.15) is 12.5 Å². The predicted octanol–water partition coefficient (Wildman–Crippen LogP) is 2.69. The van der Waals surface area contributed by atoms with Crippen molar-refractivity contribution in [1.29, 1.82) is 5.26 Å². The van der Waals surface area contributed by atoms with E-state index in [9.17, 15) is 4.39 Å². The van der Waals surface area contributed by atoms with Crippen LogP contribution in [0.15, 0.2) is 23.8 Å². The van der Waals surface area contributed by atoms with Gasteiger partial charge >= 0.3 is 0 Å². The van der Waals surface area contributed by atoms with Crippen LogP contribution in [0.5, 0.6) is 0 Å². The lowest BCUT2D eigenvalue weighted by Crippen LogP contribution is -2.02. The van der Waals surface area contributed by atoms with Crippen LogP contribution in [-0.2, 0) is 0 Å². The minimum atomic E-state index is -0.524. The van der Waals surface area contributed by atoms with Gasteiger partial charge in [-0.25, -0.2) is 4.39 Å². The van der Waals surface area contributed by atoms with Gasteiger partial charge in [-0.15, -0.1) is 0 Å². The second-order valence-electron chi connectivity index (χ2n) is 2.75. The Balaban J connectivity index is 3.42. The molecule has 0 aromatic heterocycles. The number of benzene rings is 1. The van der Waals surface area contributed by atoms with Gasteiger partial charge < -0.3 is 5.73 Å². The zero-order valence-electron chi connectivity index (χ0n) is 7.51. The summed E-state index contributed by atoms with van der Waals surface area (Å²) >= 11 is 5.76. The molecule has 1 aromatic carbocycles. The van der Waals surface area contributed by atoms with Crippen molar-refractivity contribution in [1.82, 2.24) is 0 Å². The lowest BCUT2D eigenvalue weighted by molar-refractivity contribution is 0.623. The summed E-state index contributed by atoms with van der Waals surface area (Å²) in [4.78, 5) is 0. The Labute approximate surface area is 86.4 Å². The van der Waals surface area contributed by atoms with Gasteiger partial charge in [-0.3, -0.25) is 0 Å². The van der Waals surface area contributed by atoms with E-state index in [4.69, 9.17) is 22.6 Å². The summed E-state index contributed by atoms with van der Waals surface area (Å²) in [5.74, 6) is -0.524. The molecule has 0 amide bonds. The minimum absolute atomic E-state index is 0.0793. The first-order valence-corrected chi connectivity index (χ1v) is 4.26. The van der Waals surface area contributed by atoms with Crippen molar-refractivity contribution >= 4 is 17.3 Å². The van der Waals surface area contributed by atoms with Gasteiger partial charge in [0.25, 0.3) is 0 Å². The topological polar surface area (TPSA) is 49.8 Å². The summed E-state index contributed by atoms with van der Waals surface area (Å²) in [7, 11) is 0. The van der Waals surface area contributed by atoms with Gasteiger partial charge in [-0.1, -0.05) is 17.7 Å². The van der Waals surface area contributed by atoms with E-state index in [0.29, 0.717) is 0 Å². The minimum Gasteiger partial charge on any atom is -0.397 e. The monoisotopic (exact) mass is 210 g/mol. The SMILES string of the molecule is C/C(C#N)=C(/N)c1c(F)cccc1Cl. The molecule has 0 aliphatic carbocycles. The van der Waals surface area contributed by atoms with Gasteiger partial charge in [0, 0.05) is 0 Å². The highest BCUT2D eigenvalue weighted by Gasteiger charge is 2.11. The largest absolute Gasteiger partial charge is 0.397 e. The molecule has 14 heavy (non-hydrogen) atoms. The van der Waals surface area contributed by atoms with Crippen molar-refractivity contribution in [3.63, 3.8) is 0 Å². The molecule has 0 atom stereocenters. The molecule has 0 radical (unpaired) electrons. The molecule has 0 aliphatic rings. The molecule has 0 bridgehead atoms. The Bertz CT molecular complexity index is 412. The molecular formula is C10H8ClFN2. The van der Waals surface area contributed by atoms with Crippen LogP contribution in [0.3, 0.4) is 0 Å². The lowest BCUT2D eigenvalue weighted by Gasteiger charge is -2.06. The molecule has 0 saturated carbocycles. The third-order valence-corrected chi connectivity index (χ3v) is 2.12. The van der Waals surface area contributed by atoms with E-state index in [2.05, 4.69) is 0 Å². The van der Waals surface area contributed by atoms with Crippen molar-refractivity contribution in [3.05, 3.63) is 40.2 Å². The van der Waals surface area contributed by atoms with Crippen LogP contribution in [0.2, 0.25) is 5.02 Å². The second-order valence-corrected chi connectivity index (χ2v) is 3.15. The number of halogens is 2. The molecule has 0 heterocycles. The maximum Gasteiger partial charge on any atom is 0.134 e. The molecule has 0 aliphatic heterocycles. The fraction of sp³-hybridized carbons (Fsp3) is 0.100. The molecule has 0 fully saturated rings. The normalized spacial score (nSPS) is 11.9. The van der Waals surface area contributed by atoms with Gasteiger partial charge in [-0.2, -0.15) is 5.26 Å². The fourth-order valence-electron chi connectivity index (χ4n) is 1.00. The summed E-state index contributed by atoms with van der Waals surface area (Å²) in [6.45, 7) is 1.51. The highest BCUT2D eigenvalue weighted by molar-refractivity contribution is 6.32. The van der Waals surface area contributed by atoms with Crippen LogP contribution in [0.4, 0.5) is 4.39 Å². The Morgan fingerprint density at radius 1 is 1.57 bits per heavy atom. The van der Waals surface area contributed by atoms with E-state index in [1.165, 1.54) is 25.1 Å². The lowest BCUT2D eigenvalue weighted by atomic mass is 10.1. The number of hydrogen-bond acceptors (Lipinski definition) is 2. The van der Waals surface area contributed by atoms with E-state index in [1.54, 1.807) is 0 Å². The van der Waals surface area contributed by atoms with Crippen molar-refractivity contribution in [2.45, 2.75) is 6.92 Å². The van der Waals surface area contributed by atoms with Crippen molar-refractivity contribution in [2.75, 3.05) is 0 Å². The van der Waals surface area contributed by atoms with E-state index in [0.717, 1.165) is 0 Å². The molecule has 4 heteroatoms. The molecule has 2 N–H and O–H groups in total. The van der Waals surface area contributed by atoms with E-state index >= 15 is 0 Å². The third-order valence-electron chi connectivity index (χ3n) is 1.80. The summed E-state index contributed by atoms with van der Waals surface area (Å²) in [5.41, 5.74) is 6.00. The first-order valence-electron chi connectivity index (χ1n) is 3.88. The average molecular weight is 211 g/mol. The number of allylic oxidation sites excluding steroid dienone is 1. The van der Waals surface area contributed by atoms with Gasteiger partial charge in [0.15, 0.2) is 0 Å². The summed E-state index contributed by atoms with van der Waals surface area (Å²) in [5, 5.41) is 8.80. The Morgan fingerprint density at radius 3 is 2.71 bits per heavy atom. The number of nitrogens with two attached hydrogens (primary N) is 1. The van der Waals surface area contributed by atoms with Gasteiger partial charge in [0.05, 0.1) is 27.9 Å². The number of hydrogen-bond donors (Lipinski definition) is 1. The summed E-state index contributed by atoms with van der Waals surface area (Å²) < 4.78 is 13.3. The van der Waals surface area contributed by atoms with Crippen LogP contribution < -0.4 is 5.73 Å². The van der Waals surface area contributed by atoms with Crippen LogP contribution in [0.25, 0.3) is 5.70 Å². The van der Waals surface area contributed by atoms with Gasteiger partial charge in [0.2, 0.25) is 0 Å². The predicted molar refractivity (Wildman–Crippen MR) is 53.8 cm³/mol. The smallest absolute Gasteiger partial charge is 0.134 e. The highest BCUT2D eigenvalue weighted by atomic mass is 35.5. The summed E-state index contributed by atoms with van der Waals surface area (Å²) in [6.07, 6.45) is 0. The maximum atomic E-state index is 13.3. The van der Waals surface area contributed by atoms with E-state index < -0.39 is 5.82 Å². The first kappa shape index (κ1) is 10.6. The summed E-state index contributed by atoms with van der Waals surface area (Å²) in [6, 6.07) is 6.10. The van der Waals surface area contributed by atoms with Crippen LogP contribution >= 0.6 is 11.6 Å². The molecule has 0 spiro atoms. The molecule has 0 unspecified atom stereocenters. The zero-order chi connectivity index (χ0) is 10.7. The molecule has 1 aromatic rings. The number of rotatable bonds is 1. The quantitative estimate of drug-likeness (QED) is 0.725. The fourth-order valence-corrected chi connectivity index (χ4v) is 1.27. The first-order chi connectivity index (χ1) is 6.57. The zero-order valence-corrected chi connectivity index (χ0v) is 8.27. The molecule has 0 saturated heterocycles. The molecule has 72 valence electrons. The Hall–Kier alpha value is -1.53. The van der Waals surface area contributed by atoms with E-state index in [1.807, 2.05) is 6.07 Å². The second kappa shape index (κ2) is 4.12. The molecule has 1 rings (SSSR count). The number of nitrogens with zero attached hydrogens (tertiary/aromatic N) is 1. The van der Waals surface area contributed by atoms with Crippen molar-refractivity contribution in [2.24, 2.45) is 5.73 Å². The maximum absolute atomic E-state index is 13.3. The van der Waals surface area contributed by atoms with Crippen molar-refractivity contribution in [3.8, 4) is 6.07 Å². The Morgan fingerprint density at radius 2 is 2.21 bits per heavy atom. The average Bonchev–Trinajstić information content (AvgIpc) is 2.16. The molecular weight excluding hydrogens is 203 g/mol. The standard InChI is InChI=1S/C10H8ClFN2/c1-6(5-13)10(14)9-7(11)3-2-4-8(9)12/h2-4H,14H2,1H3/b10-6-. The highest BCUT2D eigenvalue weighted by Crippen LogP contribution is 2.25. The van der Waals surface area contributed by atoms with E-state index in [-0.39, 0.29) is 21.9 Å². The van der Waals surface area contributed by atoms with Crippen LogP contribution in [-0.4, -0.2) is 0 Å². The van der Waals surface area contributed by atoms with Crippen molar-refractivity contribution < 1.29 is 4.39 Å². The third kappa shape index (κ3) is 1.86. The van der Waals surface area contributed by atoms with Crippen LogP contribution in [0, 0.1) is 17.1 Å². The number of nitriles is 1. The molecule has 2 nitrogen and oxygen atoms in total. The van der Waals surface area contributed by atoms with Gasteiger partial charge in [-0.05, 0) is 19.1 Å². The van der Waals surface area contributed by atoms with Gasteiger partial charge in [0.1, 0.15) is 5.82 Å². The Kier molecular flexibility index (Phi) is 3.10.